The van der Waals surface area contributed by atoms with E-state index in [1.54, 1.807) is 30.3 Å². The molecular weight excluding hydrogens is 243 g/mol. The van der Waals surface area contributed by atoms with Crippen molar-refractivity contribution in [1.82, 2.24) is 0 Å². The van der Waals surface area contributed by atoms with E-state index in [9.17, 15) is 8.42 Å². The summed E-state index contributed by atoms with van der Waals surface area (Å²) in [6, 6.07) is 8.29. The van der Waals surface area contributed by atoms with Crippen LogP contribution in [0.25, 0.3) is 0 Å². The first-order valence-electron chi connectivity index (χ1n) is 2.50. The molecule has 58 valence electrons. The minimum atomic E-state index is -2.40. The minimum absolute atomic E-state index is 0. The summed E-state index contributed by atoms with van der Waals surface area (Å²) < 4.78 is 20.5. The van der Waals surface area contributed by atoms with Crippen molar-refractivity contribution in [3.05, 3.63) is 30.3 Å². The Labute approximate surface area is 74.9 Å². The van der Waals surface area contributed by atoms with Gasteiger partial charge in [-0.15, -0.1) is 0 Å². The quantitative estimate of drug-likeness (QED) is 0.585. The van der Waals surface area contributed by atoms with E-state index in [-0.39, 0.29) is 20.4 Å². The van der Waals surface area contributed by atoms with Crippen LogP contribution in [0.4, 0.5) is 0 Å². The third-order valence-electron chi connectivity index (χ3n) is 0.967. The molecule has 0 unspecified atom stereocenters. The topological polar surface area (TPSA) is 34.1 Å². The van der Waals surface area contributed by atoms with Crippen molar-refractivity contribution in [1.29, 1.82) is 0 Å². The summed E-state index contributed by atoms with van der Waals surface area (Å²) in [5.41, 5.74) is 0. The summed E-state index contributed by atoms with van der Waals surface area (Å²) in [5.74, 6) is 0. The Kier molecular flexibility index (Phi) is 4.54. The van der Waals surface area contributed by atoms with Crippen molar-refractivity contribution in [3.8, 4) is 0 Å². The molecule has 0 bridgehead atoms. The standard InChI is InChI=1S/C6H6O2S.Pd/c7-9(8)6-4-2-1-3-5-6;/h1-5,9H;. The largest absolute Gasteiger partial charge is 0.227 e. The van der Waals surface area contributed by atoms with E-state index < -0.39 is 10.7 Å². The third-order valence-corrected chi connectivity index (χ3v) is 1.69. The fourth-order valence-corrected chi connectivity index (χ4v) is 0.965. The van der Waals surface area contributed by atoms with E-state index in [4.69, 9.17) is 0 Å². The van der Waals surface area contributed by atoms with Gasteiger partial charge >= 0.3 is 0 Å². The average Bonchev–Trinajstić information content (AvgIpc) is 1.90. The molecule has 1 rings (SSSR count). The number of hydrogen-bond donors (Lipinski definition) is 1. The molecule has 1 aromatic rings. The first kappa shape index (κ1) is 9.83. The van der Waals surface area contributed by atoms with Gasteiger partial charge in [0.1, 0.15) is 0 Å². The van der Waals surface area contributed by atoms with Crippen LogP contribution in [0.15, 0.2) is 35.2 Å². The van der Waals surface area contributed by atoms with Crippen LogP contribution >= 0.6 is 0 Å². The van der Waals surface area contributed by atoms with Crippen molar-refractivity contribution in [2.75, 3.05) is 0 Å². The Hall–Kier alpha value is -0.168. The Morgan fingerprint density at radius 1 is 1.00 bits per heavy atom. The smallest absolute Gasteiger partial charge is 0.168 e. The molecule has 0 aromatic heterocycles. The molecule has 0 aliphatic carbocycles. The molecule has 0 amide bonds. The van der Waals surface area contributed by atoms with Crippen LogP contribution < -0.4 is 0 Å². The van der Waals surface area contributed by atoms with Gasteiger partial charge in [0.2, 0.25) is 0 Å². The molecule has 0 aliphatic rings. The maximum absolute atomic E-state index is 10.2. The fourth-order valence-electron chi connectivity index (χ4n) is 0.550. The third kappa shape index (κ3) is 2.61. The van der Waals surface area contributed by atoms with E-state index in [0.29, 0.717) is 4.90 Å². The monoisotopic (exact) mass is 248 g/mol. The molecule has 0 atom stereocenters. The summed E-state index contributed by atoms with van der Waals surface area (Å²) in [6.07, 6.45) is 0. The Morgan fingerprint density at radius 3 is 1.80 bits per heavy atom. The van der Waals surface area contributed by atoms with Crippen LogP contribution in [0.2, 0.25) is 0 Å². The second kappa shape index (κ2) is 4.62. The normalized spacial score (nSPS) is 8.90. The van der Waals surface area contributed by atoms with E-state index in [2.05, 4.69) is 0 Å². The SMILES string of the molecule is O=[SH](=O)c1ccccc1.[Pd]. The molecule has 4 heteroatoms. The molecule has 0 fully saturated rings. The van der Waals surface area contributed by atoms with Gasteiger partial charge < -0.3 is 0 Å². The number of rotatable bonds is 1. The zero-order chi connectivity index (χ0) is 6.69. The number of benzene rings is 1. The van der Waals surface area contributed by atoms with Gasteiger partial charge in [-0.3, -0.25) is 0 Å². The van der Waals surface area contributed by atoms with Gasteiger partial charge in [-0.1, -0.05) is 18.2 Å². The van der Waals surface area contributed by atoms with Crippen LogP contribution in [0.1, 0.15) is 0 Å². The molecule has 0 saturated carbocycles. The summed E-state index contributed by atoms with van der Waals surface area (Å²) >= 11 is 0. The first-order chi connectivity index (χ1) is 4.30. The van der Waals surface area contributed by atoms with Crippen molar-refractivity contribution in [2.24, 2.45) is 0 Å². The zero-order valence-electron chi connectivity index (χ0n) is 4.97. The van der Waals surface area contributed by atoms with Crippen molar-refractivity contribution in [2.45, 2.75) is 4.90 Å². The molecule has 10 heavy (non-hydrogen) atoms. The molecule has 0 aliphatic heterocycles. The summed E-state index contributed by atoms with van der Waals surface area (Å²) in [5, 5.41) is 0. The molecule has 0 spiro atoms. The van der Waals surface area contributed by atoms with Gasteiger partial charge in [-0.2, -0.15) is 0 Å². The van der Waals surface area contributed by atoms with Gasteiger partial charge in [0.15, 0.2) is 10.7 Å². The van der Waals surface area contributed by atoms with Crippen LogP contribution in [0, 0.1) is 0 Å². The predicted octanol–water partition coefficient (Wildman–Crippen LogP) is 0.654. The number of thiol groups is 1. The van der Waals surface area contributed by atoms with Gasteiger partial charge in [0.25, 0.3) is 0 Å². The van der Waals surface area contributed by atoms with Crippen LogP contribution in [0.5, 0.6) is 0 Å². The number of hydrogen-bond acceptors (Lipinski definition) is 2. The second-order valence-corrected chi connectivity index (χ2v) is 2.62. The van der Waals surface area contributed by atoms with Crippen LogP contribution in [-0.2, 0) is 31.1 Å². The Morgan fingerprint density at radius 2 is 1.50 bits per heavy atom. The van der Waals surface area contributed by atoms with Crippen molar-refractivity contribution in [3.63, 3.8) is 0 Å². The fraction of sp³-hybridized carbons (Fsp3) is 0. The van der Waals surface area contributed by atoms with E-state index in [1.807, 2.05) is 0 Å². The van der Waals surface area contributed by atoms with E-state index in [0.717, 1.165) is 0 Å². The van der Waals surface area contributed by atoms with Crippen molar-refractivity contribution >= 4 is 10.7 Å². The van der Waals surface area contributed by atoms with Gasteiger partial charge in [-0.25, -0.2) is 8.42 Å². The van der Waals surface area contributed by atoms with Gasteiger partial charge in [0.05, 0.1) is 4.90 Å². The van der Waals surface area contributed by atoms with Crippen LogP contribution in [-0.4, -0.2) is 8.42 Å². The zero-order valence-corrected chi connectivity index (χ0v) is 7.42. The van der Waals surface area contributed by atoms with E-state index >= 15 is 0 Å². The van der Waals surface area contributed by atoms with E-state index in [1.165, 1.54) is 0 Å². The maximum Gasteiger partial charge on any atom is 0.168 e. The second-order valence-electron chi connectivity index (χ2n) is 1.59. The molecular formula is C6H6O2PdS. The molecule has 0 heterocycles. The molecule has 0 saturated heterocycles. The van der Waals surface area contributed by atoms with Gasteiger partial charge in [0, 0.05) is 20.4 Å². The molecule has 2 nitrogen and oxygen atoms in total. The molecule has 1 aromatic carbocycles. The molecule has 0 radical (unpaired) electrons. The average molecular weight is 249 g/mol. The minimum Gasteiger partial charge on any atom is -0.227 e. The summed E-state index contributed by atoms with van der Waals surface area (Å²) in [6.45, 7) is 0. The van der Waals surface area contributed by atoms with Crippen LogP contribution in [0.3, 0.4) is 0 Å². The summed E-state index contributed by atoms with van der Waals surface area (Å²) in [7, 11) is -2.40. The maximum atomic E-state index is 10.2. The molecule has 0 N–H and O–H groups in total. The van der Waals surface area contributed by atoms with Gasteiger partial charge in [-0.05, 0) is 12.1 Å². The predicted molar refractivity (Wildman–Crippen MR) is 35.0 cm³/mol. The van der Waals surface area contributed by atoms with Crippen molar-refractivity contribution < 1.29 is 28.8 Å². The summed E-state index contributed by atoms with van der Waals surface area (Å²) in [4.78, 5) is 0.368. The Balaban J connectivity index is 0.000000810. The Bertz CT molecular complexity index is 248. The first-order valence-corrected chi connectivity index (χ1v) is 3.68.